The van der Waals surface area contributed by atoms with Gasteiger partial charge in [-0.3, -0.25) is 0 Å². The maximum absolute atomic E-state index is 2.55. The van der Waals surface area contributed by atoms with Crippen LogP contribution >= 0.6 is 0 Å². The molecule has 0 saturated carbocycles. The second-order valence-corrected chi connectivity index (χ2v) is 23.3. The Hall–Kier alpha value is -10.8. The molecule has 0 bridgehead atoms. The lowest BCUT2D eigenvalue weighted by Crippen LogP contribution is -2.03. The Kier molecular flexibility index (Phi) is 10.8. The smallest absolute Gasteiger partial charge is 0.0641 e. The van der Waals surface area contributed by atoms with Gasteiger partial charge in [-0.05, 0) is 152 Å². The van der Waals surface area contributed by atoms with Crippen LogP contribution in [0.5, 0.6) is 0 Å². The monoisotopic (exact) mass is 1100 g/mol. The summed E-state index contributed by atoms with van der Waals surface area (Å²) in [5, 5.41) is 12.4. The van der Waals surface area contributed by atoms with E-state index in [0.29, 0.717) is 6.54 Å². The first-order valence-electron chi connectivity index (χ1n) is 30.4. The lowest BCUT2D eigenvalue weighted by Gasteiger charge is -2.16. The Morgan fingerprint density at radius 1 is 0.395 bits per heavy atom. The van der Waals surface area contributed by atoms with Crippen LogP contribution in [0.3, 0.4) is 0 Å². The zero-order chi connectivity index (χ0) is 56.6. The predicted molar refractivity (Wildman–Crippen MR) is 364 cm³/mol. The van der Waals surface area contributed by atoms with E-state index in [4.69, 9.17) is 0 Å². The maximum atomic E-state index is 2.55. The summed E-state index contributed by atoms with van der Waals surface area (Å²) < 4.78 is 15.0. The van der Waals surface area contributed by atoms with Gasteiger partial charge >= 0.3 is 0 Å². The molecule has 16 aromatic rings. The zero-order valence-electron chi connectivity index (χ0n) is 47.7. The van der Waals surface area contributed by atoms with Crippen molar-refractivity contribution in [3.05, 3.63) is 283 Å². The maximum Gasteiger partial charge on any atom is 0.0641 e. The summed E-state index contributed by atoms with van der Waals surface area (Å²) in [7, 11) is 0. The van der Waals surface area contributed by atoms with E-state index in [1.165, 1.54) is 137 Å². The fourth-order valence-corrected chi connectivity index (χ4v) is 15.1. The molecule has 0 spiro atoms. The van der Waals surface area contributed by atoms with Gasteiger partial charge in [-0.2, -0.15) is 0 Å². The summed E-state index contributed by atoms with van der Waals surface area (Å²) in [5.41, 5.74) is 23.2. The zero-order valence-corrected chi connectivity index (χ0v) is 47.7. The van der Waals surface area contributed by atoms with Gasteiger partial charge in [0.25, 0.3) is 0 Å². The number of para-hydroxylation sites is 6. The molecule has 0 fully saturated rings. The molecule has 10 aromatic carbocycles. The Bertz CT molecular complexity index is 5650. The minimum Gasteiger partial charge on any atom is -0.336 e. The number of fused-ring (bicyclic) bond motifs is 19. The van der Waals surface area contributed by atoms with E-state index in [9.17, 15) is 0 Å². The van der Waals surface area contributed by atoms with Gasteiger partial charge in [0.15, 0.2) is 0 Å². The summed E-state index contributed by atoms with van der Waals surface area (Å²) >= 11 is 0. The van der Waals surface area contributed by atoms with Crippen LogP contribution in [0.25, 0.3) is 150 Å². The van der Waals surface area contributed by atoms with Gasteiger partial charge in [-0.25, -0.2) is 0 Å². The van der Waals surface area contributed by atoms with Gasteiger partial charge in [0, 0.05) is 106 Å². The van der Waals surface area contributed by atoms with Crippen molar-refractivity contribution >= 4 is 127 Å². The molecule has 6 heteroatoms. The highest BCUT2D eigenvalue weighted by molar-refractivity contribution is 6.26. The van der Waals surface area contributed by atoms with E-state index in [1.807, 2.05) is 0 Å². The average Bonchev–Trinajstić information content (AvgIpc) is 1.74. The fourth-order valence-electron chi connectivity index (χ4n) is 15.1. The number of hydrogen-bond acceptors (Lipinski definition) is 0. The van der Waals surface area contributed by atoms with Crippen LogP contribution in [-0.2, 0) is 19.4 Å². The topological polar surface area (TPSA) is 29.6 Å². The van der Waals surface area contributed by atoms with Gasteiger partial charge < -0.3 is 27.4 Å². The van der Waals surface area contributed by atoms with Crippen molar-refractivity contribution in [2.24, 2.45) is 0 Å². The first kappa shape index (κ1) is 48.7. The van der Waals surface area contributed by atoms with Crippen LogP contribution in [-0.4, -0.2) is 27.4 Å². The van der Waals surface area contributed by atoms with Crippen molar-refractivity contribution in [3.63, 3.8) is 0 Å². The molecule has 86 heavy (non-hydrogen) atoms. The van der Waals surface area contributed by atoms with Crippen molar-refractivity contribution in [1.29, 1.82) is 0 Å². The highest BCUT2D eigenvalue weighted by Gasteiger charge is 2.26. The van der Waals surface area contributed by atoms with Crippen molar-refractivity contribution in [2.45, 2.75) is 39.2 Å². The van der Waals surface area contributed by atoms with E-state index < -0.39 is 0 Å². The number of rotatable bonds is 9. The van der Waals surface area contributed by atoms with Crippen molar-refractivity contribution < 1.29 is 0 Å². The van der Waals surface area contributed by atoms with Crippen LogP contribution < -0.4 is 0 Å². The summed E-state index contributed by atoms with van der Waals surface area (Å²) in [5.74, 6) is 0. The first-order valence-corrected chi connectivity index (χ1v) is 30.4. The molecule has 0 atom stereocenters. The van der Waals surface area contributed by atoms with E-state index in [2.05, 4.69) is 307 Å². The molecule has 6 heterocycles. The van der Waals surface area contributed by atoms with E-state index in [-0.39, 0.29) is 0 Å². The molecule has 0 unspecified atom stereocenters. The fraction of sp³-hybridized carbons (Fsp3) is 0.0750. The lowest BCUT2D eigenvalue weighted by molar-refractivity contribution is 0.896. The van der Waals surface area contributed by atoms with Crippen LogP contribution in [0, 0.1) is 0 Å². The van der Waals surface area contributed by atoms with E-state index in [0.717, 1.165) is 48.4 Å². The molecule has 0 aliphatic heterocycles. The van der Waals surface area contributed by atoms with Crippen LogP contribution in [0.4, 0.5) is 0 Å². The third kappa shape index (κ3) is 7.07. The summed E-state index contributed by atoms with van der Waals surface area (Å²) in [4.78, 5) is 0. The average molecular weight is 1100 g/mol. The third-order valence-corrected chi connectivity index (χ3v) is 18.7. The molecule has 408 valence electrons. The molecule has 0 saturated heterocycles. The number of hydrogen-bond donors (Lipinski definition) is 0. The van der Waals surface area contributed by atoms with Crippen molar-refractivity contribution in [1.82, 2.24) is 27.4 Å². The largest absolute Gasteiger partial charge is 0.336 e. The van der Waals surface area contributed by atoms with E-state index >= 15 is 0 Å². The van der Waals surface area contributed by atoms with Gasteiger partial charge in [-0.1, -0.05) is 165 Å². The Labute approximate surface area is 496 Å². The minimum absolute atomic E-state index is 0.659. The molecule has 0 N–H and O–H groups in total. The normalized spacial score (nSPS) is 13.7. The molecule has 2 aliphatic rings. The standard InChI is InChI=1S/C80H58N6/c1-2-3-23-52(82-73-41-18-11-33-62(73)66-51-78-67(50-77(66)82)63-34-12-19-42-74(63)85(78)55-26-21-24-53(48-55)83-71-39-16-8-30-59(71)60-31-9-17-40-72(60)83)46-47-81-68-36-14-13-35-65(68)79-76(81)45-44-64-61-32-10-20-43-75(61)86(80(64)79)56-27-22-25-54(49-56)84-69-37-6-4-5-28-57(69)58-29-7-15-38-70(58)84/h3-6,8-27,30-46,48-51H,2,7,28-29,47H2,1H3/b23-3-,52-46+. The van der Waals surface area contributed by atoms with Gasteiger partial charge in [0.05, 0.1) is 49.7 Å². The van der Waals surface area contributed by atoms with Crippen molar-refractivity contribution in [3.8, 4) is 22.7 Å². The number of allylic oxidation sites excluding steroid dienone is 8. The number of nitrogens with zero attached hydrogens (tertiary/aromatic N) is 6. The molecule has 6 aromatic heterocycles. The highest BCUT2D eigenvalue weighted by atomic mass is 15.1. The highest BCUT2D eigenvalue weighted by Crippen LogP contribution is 2.45. The van der Waals surface area contributed by atoms with Crippen LogP contribution in [0.1, 0.15) is 42.3 Å². The molecule has 18 rings (SSSR count). The number of benzene rings is 10. The molecule has 0 amide bonds. The third-order valence-electron chi connectivity index (χ3n) is 18.7. The predicted octanol–water partition coefficient (Wildman–Crippen LogP) is 20.6. The SMILES string of the molecule is CC/C=C\C(=C/Cn1c2ccccc2c2c1ccc1c3ccccc3n(-c3cccc(-n4c5c(c6c4C=CCC6)CC=CC=C5)c3)c12)n1c2ccccc2c2cc3c(cc21)c1ccccc1n3-c1cccc(-n2c3ccccc3c3ccccc32)c1. The van der Waals surface area contributed by atoms with E-state index in [1.54, 1.807) is 0 Å². The quantitative estimate of drug-likeness (QED) is 0.129. The minimum atomic E-state index is 0.659. The van der Waals surface area contributed by atoms with Gasteiger partial charge in [-0.15, -0.1) is 0 Å². The van der Waals surface area contributed by atoms with Crippen molar-refractivity contribution in [2.75, 3.05) is 0 Å². The Morgan fingerprint density at radius 3 is 1.59 bits per heavy atom. The summed E-state index contributed by atoms with van der Waals surface area (Å²) in [6.07, 6.45) is 24.8. The molecule has 2 aliphatic carbocycles. The summed E-state index contributed by atoms with van der Waals surface area (Å²) in [6.45, 7) is 2.89. The second kappa shape index (κ2) is 19.1. The first-order chi connectivity index (χ1) is 42.7. The van der Waals surface area contributed by atoms with Crippen LogP contribution in [0.2, 0.25) is 0 Å². The molecule has 0 radical (unpaired) electrons. The molecular formula is C80H58N6. The van der Waals surface area contributed by atoms with Gasteiger partial charge in [0.1, 0.15) is 0 Å². The van der Waals surface area contributed by atoms with Gasteiger partial charge in [0.2, 0.25) is 0 Å². The number of aromatic nitrogens is 6. The summed E-state index contributed by atoms with van der Waals surface area (Å²) in [6, 6.07) is 81.5. The lowest BCUT2D eigenvalue weighted by atomic mass is 9.97. The molecule has 6 nitrogen and oxygen atoms in total. The van der Waals surface area contributed by atoms with Crippen LogP contribution in [0.15, 0.2) is 261 Å². The molecular weight excluding hydrogens is 1040 g/mol. The Morgan fingerprint density at radius 2 is 0.919 bits per heavy atom. The Balaban J connectivity index is 0.813. The second-order valence-electron chi connectivity index (χ2n) is 23.3.